The minimum atomic E-state index is -0.138. The Morgan fingerprint density at radius 1 is 1.00 bits per heavy atom. The zero-order chi connectivity index (χ0) is 20.1. The molecule has 5 nitrogen and oxygen atoms in total. The van der Waals surface area contributed by atoms with Crippen LogP contribution in [0.1, 0.15) is 40.4 Å². The van der Waals surface area contributed by atoms with Gasteiger partial charge in [-0.3, -0.25) is 9.69 Å². The van der Waals surface area contributed by atoms with Crippen LogP contribution in [0.5, 0.6) is 0 Å². The maximum absolute atomic E-state index is 12.7. The first kappa shape index (κ1) is 19.3. The van der Waals surface area contributed by atoms with E-state index in [1.165, 1.54) is 24.0 Å². The Hall–Kier alpha value is -3.05. The number of nitrogens with zero attached hydrogens (tertiary/aromatic N) is 3. The van der Waals surface area contributed by atoms with Crippen LogP contribution in [0.15, 0.2) is 67.0 Å². The first-order valence-electron chi connectivity index (χ1n) is 10.2. The number of nitrogens with one attached hydrogen (secondary N) is 1. The summed E-state index contributed by atoms with van der Waals surface area (Å²) in [6.07, 6.45) is 5.62. The van der Waals surface area contributed by atoms with Gasteiger partial charge in [0, 0.05) is 24.5 Å². The smallest absolute Gasteiger partial charge is 0.254 e. The SMILES string of the molecule is Cc1ccc(C(CNC(=O)c2cnc(-c3ccccc3)nc2)N2CCCC2)cc1. The number of carbonyl (C=O) groups excluding carboxylic acids is 1. The normalized spacial score (nSPS) is 15.2. The van der Waals surface area contributed by atoms with E-state index in [-0.39, 0.29) is 11.9 Å². The first-order valence-corrected chi connectivity index (χ1v) is 10.2. The Labute approximate surface area is 171 Å². The maximum atomic E-state index is 12.7. The summed E-state index contributed by atoms with van der Waals surface area (Å²) in [5, 5.41) is 3.09. The van der Waals surface area contributed by atoms with Gasteiger partial charge in [0.2, 0.25) is 0 Å². The number of likely N-dealkylation sites (tertiary alicyclic amines) is 1. The molecule has 0 saturated carbocycles. The fraction of sp³-hybridized carbons (Fsp3) is 0.292. The zero-order valence-corrected chi connectivity index (χ0v) is 16.7. The van der Waals surface area contributed by atoms with Crippen LogP contribution in [0.3, 0.4) is 0 Å². The van der Waals surface area contributed by atoms with Crippen molar-refractivity contribution in [2.24, 2.45) is 0 Å². The van der Waals surface area contributed by atoms with Crippen molar-refractivity contribution in [1.82, 2.24) is 20.2 Å². The minimum absolute atomic E-state index is 0.138. The average Bonchev–Trinajstić information content (AvgIpc) is 3.30. The van der Waals surface area contributed by atoms with Crippen LogP contribution in [0.25, 0.3) is 11.4 Å². The molecule has 1 atom stereocenters. The summed E-state index contributed by atoms with van der Waals surface area (Å²) in [7, 11) is 0. The molecule has 1 N–H and O–H groups in total. The van der Waals surface area contributed by atoms with Crippen LogP contribution >= 0.6 is 0 Å². The molecule has 1 fully saturated rings. The third kappa shape index (κ3) is 4.69. The van der Waals surface area contributed by atoms with E-state index in [1.807, 2.05) is 30.3 Å². The highest BCUT2D eigenvalue weighted by Crippen LogP contribution is 2.25. The molecule has 2 aromatic carbocycles. The molecule has 1 aliphatic rings. The first-order chi connectivity index (χ1) is 14.2. The van der Waals surface area contributed by atoms with E-state index in [9.17, 15) is 4.79 Å². The molecular formula is C24H26N4O. The van der Waals surface area contributed by atoms with Crippen molar-refractivity contribution in [2.45, 2.75) is 25.8 Å². The zero-order valence-electron chi connectivity index (χ0n) is 16.7. The predicted molar refractivity (Wildman–Crippen MR) is 115 cm³/mol. The van der Waals surface area contributed by atoms with Crippen LogP contribution in [0.2, 0.25) is 0 Å². The minimum Gasteiger partial charge on any atom is -0.350 e. The Morgan fingerprint density at radius 2 is 1.66 bits per heavy atom. The van der Waals surface area contributed by atoms with Gasteiger partial charge >= 0.3 is 0 Å². The van der Waals surface area contributed by atoms with Crippen molar-refractivity contribution in [3.05, 3.63) is 83.7 Å². The number of carbonyl (C=O) groups is 1. The molecule has 148 valence electrons. The van der Waals surface area contributed by atoms with E-state index in [4.69, 9.17) is 0 Å². The van der Waals surface area contributed by atoms with E-state index in [2.05, 4.69) is 51.4 Å². The largest absolute Gasteiger partial charge is 0.350 e. The fourth-order valence-electron chi connectivity index (χ4n) is 3.77. The van der Waals surface area contributed by atoms with E-state index >= 15 is 0 Å². The van der Waals surface area contributed by atoms with Crippen molar-refractivity contribution in [3.8, 4) is 11.4 Å². The summed E-state index contributed by atoms with van der Waals surface area (Å²) < 4.78 is 0. The Bertz CT molecular complexity index is 933. The lowest BCUT2D eigenvalue weighted by molar-refractivity contribution is 0.0937. The monoisotopic (exact) mass is 386 g/mol. The standard InChI is InChI=1S/C24H26N4O/c1-18-9-11-19(12-10-18)22(28-13-5-6-14-28)17-27-24(29)21-15-25-23(26-16-21)20-7-3-2-4-8-20/h2-4,7-12,15-16,22H,5-6,13-14,17H2,1H3,(H,27,29). The van der Waals surface area contributed by atoms with Gasteiger partial charge in [0.05, 0.1) is 11.6 Å². The lowest BCUT2D eigenvalue weighted by Crippen LogP contribution is -2.36. The Balaban J connectivity index is 1.44. The number of amides is 1. The molecule has 1 amide bonds. The van der Waals surface area contributed by atoms with Crippen molar-refractivity contribution in [1.29, 1.82) is 0 Å². The Kier molecular flexibility index (Phi) is 5.96. The van der Waals surface area contributed by atoms with Gasteiger partial charge in [0.25, 0.3) is 5.91 Å². The van der Waals surface area contributed by atoms with E-state index in [0.717, 1.165) is 18.7 Å². The number of rotatable bonds is 6. The van der Waals surface area contributed by atoms with Crippen molar-refractivity contribution >= 4 is 5.91 Å². The lowest BCUT2D eigenvalue weighted by Gasteiger charge is -2.28. The van der Waals surface area contributed by atoms with Gasteiger partial charge in [0.1, 0.15) is 0 Å². The molecule has 2 heterocycles. The van der Waals surface area contributed by atoms with E-state index in [0.29, 0.717) is 17.9 Å². The summed E-state index contributed by atoms with van der Waals surface area (Å²) in [6, 6.07) is 18.6. The highest BCUT2D eigenvalue weighted by atomic mass is 16.1. The fourth-order valence-corrected chi connectivity index (χ4v) is 3.77. The number of benzene rings is 2. The van der Waals surface area contributed by atoms with Gasteiger partial charge in [0.15, 0.2) is 5.82 Å². The van der Waals surface area contributed by atoms with E-state index < -0.39 is 0 Å². The third-order valence-corrected chi connectivity index (χ3v) is 5.45. The predicted octanol–water partition coefficient (Wildman–Crippen LogP) is 4.02. The summed E-state index contributed by atoms with van der Waals surface area (Å²) in [6.45, 7) is 4.81. The van der Waals surface area contributed by atoms with Crippen LogP contribution < -0.4 is 5.32 Å². The van der Waals surface area contributed by atoms with Gasteiger partial charge in [-0.2, -0.15) is 0 Å². The van der Waals surface area contributed by atoms with Crippen LogP contribution in [-0.4, -0.2) is 40.4 Å². The van der Waals surface area contributed by atoms with E-state index in [1.54, 1.807) is 12.4 Å². The molecule has 4 rings (SSSR count). The summed E-state index contributed by atoms with van der Waals surface area (Å²) in [4.78, 5) is 23.9. The Morgan fingerprint density at radius 3 is 2.31 bits per heavy atom. The van der Waals surface area contributed by atoms with Crippen LogP contribution in [-0.2, 0) is 0 Å². The molecular weight excluding hydrogens is 360 g/mol. The van der Waals surface area contributed by atoms with Gasteiger partial charge in [-0.15, -0.1) is 0 Å². The molecule has 0 aliphatic carbocycles. The van der Waals surface area contributed by atoms with Gasteiger partial charge in [-0.25, -0.2) is 9.97 Å². The highest BCUT2D eigenvalue weighted by molar-refractivity contribution is 5.93. The molecule has 1 unspecified atom stereocenters. The van der Waals surface area contributed by atoms with Gasteiger partial charge in [-0.05, 0) is 38.4 Å². The highest BCUT2D eigenvalue weighted by Gasteiger charge is 2.24. The van der Waals surface area contributed by atoms with Crippen molar-refractivity contribution in [2.75, 3.05) is 19.6 Å². The number of hydrogen-bond acceptors (Lipinski definition) is 4. The molecule has 1 aromatic heterocycles. The number of aromatic nitrogens is 2. The molecule has 1 saturated heterocycles. The second kappa shape index (κ2) is 8.97. The molecule has 0 radical (unpaired) electrons. The second-order valence-electron chi connectivity index (χ2n) is 7.54. The molecule has 0 bridgehead atoms. The van der Waals surface area contributed by atoms with Crippen molar-refractivity contribution < 1.29 is 4.79 Å². The summed E-state index contributed by atoms with van der Waals surface area (Å²) >= 11 is 0. The molecule has 29 heavy (non-hydrogen) atoms. The molecule has 5 heteroatoms. The maximum Gasteiger partial charge on any atom is 0.254 e. The summed E-state index contributed by atoms with van der Waals surface area (Å²) in [5.74, 6) is 0.484. The van der Waals surface area contributed by atoms with Gasteiger partial charge < -0.3 is 5.32 Å². The number of aryl methyl sites for hydroxylation is 1. The van der Waals surface area contributed by atoms with Crippen LogP contribution in [0.4, 0.5) is 0 Å². The quantitative estimate of drug-likeness (QED) is 0.695. The average molecular weight is 386 g/mol. The second-order valence-corrected chi connectivity index (χ2v) is 7.54. The third-order valence-electron chi connectivity index (χ3n) is 5.45. The molecule has 1 aliphatic heterocycles. The lowest BCUT2D eigenvalue weighted by atomic mass is 10.0. The molecule has 0 spiro atoms. The van der Waals surface area contributed by atoms with Crippen LogP contribution in [0, 0.1) is 6.92 Å². The van der Waals surface area contributed by atoms with Crippen molar-refractivity contribution in [3.63, 3.8) is 0 Å². The summed E-state index contributed by atoms with van der Waals surface area (Å²) in [5.41, 5.74) is 3.91. The topological polar surface area (TPSA) is 58.1 Å². The van der Waals surface area contributed by atoms with Gasteiger partial charge in [-0.1, -0.05) is 60.2 Å². The number of hydrogen-bond donors (Lipinski definition) is 1. The molecule has 3 aromatic rings.